The van der Waals surface area contributed by atoms with Crippen molar-refractivity contribution in [2.75, 3.05) is 42.6 Å². The Kier molecular flexibility index (Phi) is 5.90. The molecule has 1 aliphatic heterocycles. The summed E-state index contributed by atoms with van der Waals surface area (Å²) in [5.41, 5.74) is 0.512. The van der Waals surface area contributed by atoms with Gasteiger partial charge in [0.05, 0.1) is 11.5 Å². The average molecular weight is 435 g/mol. The molecule has 0 unspecified atom stereocenters. The van der Waals surface area contributed by atoms with Crippen molar-refractivity contribution in [1.82, 2.24) is 4.98 Å². The molecule has 0 radical (unpaired) electrons. The van der Waals surface area contributed by atoms with Gasteiger partial charge in [-0.2, -0.15) is 0 Å². The number of halogens is 1. The first-order valence-electron chi connectivity index (χ1n) is 8.56. The third-order valence-corrected chi connectivity index (χ3v) is 4.82. The van der Waals surface area contributed by atoms with E-state index in [0.29, 0.717) is 0 Å². The molecule has 3 rings (SSSR count). The van der Waals surface area contributed by atoms with Gasteiger partial charge >= 0.3 is 5.97 Å². The van der Waals surface area contributed by atoms with Gasteiger partial charge in [0.25, 0.3) is 5.69 Å². The molecule has 0 amide bonds. The summed E-state index contributed by atoms with van der Waals surface area (Å²) in [6, 6.07) is 8.50. The minimum Gasteiger partial charge on any atom is -0.462 e. The van der Waals surface area contributed by atoms with Crippen molar-refractivity contribution in [3.63, 3.8) is 0 Å². The number of carbonyl (C=O) groups is 1. The predicted molar refractivity (Wildman–Crippen MR) is 105 cm³/mol. The van der Waals surface area contributed by atoms with Crippen LogP contribution in [0.5, 0.6) is 0 Å². The molecule has 1 aromatic heterocycles. The maximum Gasteiger partial charge on any atom is 0.345 e. The fourth-order valence-electron chi connectivity index (χ4n) is 3.00. The lowest BCUT2D eigenvalue weighted by molar-refractivity contribution is -0.385. The molecule has 2 heterocycles. The van der Waals surface area contributed by atoms with Crippen molar-refractivity contribution in [1.29, 1.82) is 0 Å². The Labute approximate surface area is 165 Å². The summed E-state index contributed by atoms with van der Waals surface area (Å²) in [7, 11) is 0. The lowest BCUT2D eigenvalue weighted by Crippen LogP contribution is -2.46. The van der Waals surface area contributed by atoms with Gasteiger partial charge in [-0.15, -0.1) is 0 Å². The first-order chi connectivity index (χ1) is 13.0. The van der Waals surface area contributed by atoms with Crippen LogP contribution in [0.1, 0.15) is 17.3 Å². The van der Waals surface area contributed by atoms with Crippen LogP contribution in [0.3, 0.4) is 0 Å². The van der Waals surface area contributed by atoms with E-state index in [4.69, 9.17) is 4.74 Å². The SMILES string of the molecule is CCOC(=O)c1cc(N2CCN(c3ccc(Br)cn3)CC2)ccc1[N+](=O)[O-]. The number of anilines is 2. The van der Waals surface area contributed by atoms with E-state index in [9.17, 15) is 14.9 Å². The first kappa shape index (κ1) is 19.1. The van der Waals surface area contributed by atoms with Crippen molar-refractivity contribution in [3.8, 4) is 0 Å². The van der Waals surface area contributed by atoms with Crippen LogP contribution in [0.2, 0.25) is 0 Å². The average Bonchev–Trinajstić information content (AvgIpc) is 2.68. The number of nitro groups is 1. The highest BCUT2D eigenvalue weighted by molar-refractivity contribution is 9.10. The number of esters is 1. The Hall–Kier alpha value is -2.68. The quantitative estimate of drug-likeness (QED) is 0.405. The normalized spacial score (nSPS) is 14.1. The Morgan fingerprint density at radius 2 is 1.93 bits per heavy atom. The second-order valence-electron chi connectivity index (χ2n) is 5.99. The van der Waals surface area contributed by atoms with E-state index in [-0.39, 0.29) is 17.9 Å². The van der Waals surface area contributed by atoms with Crippen LogP contribution in [-0.4, -0.2) is 48.7 Å². The summed E-state index contributed by atoms with van der Waals surface area (Å²) in [5, 5.41) is 11.2. The minimum absolute atomic E-state index is 0.0173. The fraction of sp³-hybridized carbons (Fsp3) is 0.333. The van der Waals surface area contributed by atoms with Gasteiger partial charge in [0.1, 0.15) is 11.4 Å². The summed E-state index contributed by atoms with van der Waals surface area (Å²) in [6.45, 7) is 4.80. The van der Waals surface area contributed by atoms with Gasteiger partial charge in [0.15, 0.2) is 0 Å². The maximum atomic E-state index is 12.1. The maximum absolute atomic E-state index is 12.1. The zero-order valence-electron chi connectivity index (χ0n) is 14.8. The highest BCUT2D eigenvalue weighted by atomic mass is 79.9. The number of aromatic nitrogens is 1. The highest BCUT2D eigenvalue weighted by Crippen LogP contribution is 2.27. The van der Waals surface area contributed by atoms with Crippen LogP contribution >= 0.6 is 15.9 Å². The molecule has 0 spiro atoms. The number of benzene rings is 1. The summed E-state index contributed by atoms with van der Waals surface area (Å²) in [5.74, 6) is 0.234. The molecular formula is C18H19BrN4O4. The van der Waals surface area contributed by atoms with Crippen LogP contribution in [0.15, 0.2) is 41.0 Å². The number of pyridine rings is 1. The van der Waals surface area contributed by atoms with E-state index in [0.717, 1.165) is 42.2 Å². The molecule has 8 nitrogen and oxygen atoms in total. The molecular weight excluding hydrogens is 416 g/mol. The Morgan fingerprint density at radius 1 is 1.22 bits per heavy atom. The third-order valence-electron chi connectivity index (χ3n) is 4.35. The molecule has 0 saturated carbocycles. The Morgan fingerprint density at radius 3 is 2.52 bits per heavy atom. The lowest BCUT2D eigenvalue weighted by Gasteiger charge is -2.36. The van der Waals surface area contributed by atoms with Gasteiger partial charge in [-0.05, 0) is 47.1 Å². The highest BCUT2D eigenvalue weighted by Gasteiger charge is 2.25. The van der Waals surface area contributed by atoms with Crippen LogP contribution in [0.4, 0.5) is 17.2 Å². The second kappa shape index (κ2) is 8.34. The monoisotopic (exact) mass is 434 g/mol. The predicted octanol–water partition coefficient (Wildman–Crippen LogP) is 3.26. The van der Waals surface area contributed by atoms with E-state index in [1.165, 1.54) is 6.07 Å². The summed E-state index contributed by atoms with van der Waals surface area (Å²) in [6.07, 6.45) is 1.77. The minimum atomic E-state index is -0.677. The zero-order valence-corrected chi connectivity index (χ0v) is 16.4. The van der Waals surface area contributed by atoms with Crippen LogP contribution in [0, 0.1) is 10.1 Å². The number of nitrogens with zero attached hydrogens (tertiary/aromatic N) is 4. The van der Waals surface area contributed by atoms with Gasteiger partial charge in [-0.3, -0.25) is 10.1 Å². The van der Waals surface area contributed by atoms with Crippen molar-refractivity contribution in [2.45, 2.75) is 6.92 Å². The van der Waals surface area contributed by atoms with Gasteiger partial charge in [0, 0.05) is 48.6 Å². The van der Waals surface area contributed by atoms with Gasteiger partial charge < -0.3 is 14.5 Å². The Balaban J connectivity index is 1.75. The first-order valence-corrected chi connectivity index (χ1v) is 9.36. The molecule has 9 heteroatoms. The molecule has 1 saturated heterocycles. The van der Waals surface area contributed by atoms with E-state index >= 15 is 0 Å². The molecule has 0 bridgehead atoms. The molecule has 1 fully saturated rings. The van der Waals surface area contributed by atoms with E-state index in [1.807, 2.05) is 12.1 Å². The number of nitro benzene ring substituents is 1. The smallest absolute Gasteiger partial charge is 0.345 e. The van der Waals surface area contributed by atoms with E-state index in [1.54, 1.807) is 25.3 Å². The number of rotatable bonds is 5. The van der Waals surface area contributed by atoms with Crippen molar-refractivity contribution >= 4 is 39.1 Å². The molecule has 1 aromatic carbocycles. The lowest BCUT2D eigenvalue weighted by atomic mass is 10.1. The van der Waals surface area contributed by atoms with Crippen LogP contribution in [0.25, 0.3) is 0 Å². The molecule has 0 atom stereocenters. The summed E-state index contributed by atoms with van der Waals surface area (Å²) >= 11 is 3.38. The molecule has 0 aliphatic carbocycles. The van der Waals surface area contributed by atoms with Crippen molar-refractivity contribution in [3.05, 3.63) is 56.7 Å². The van der Waals surface area contributed by atoms with Crippen LogP contribution in [-0.2, 0) is 4.74 Å². The topological polar surface area (TPSA) is 88.8 Å². The number of piperazine rings is 1. The van der Waals surface area contributed by atoms with E-state index in [2.05, 4.69) is 30.7 Å². The van der Waals surface area contributed by atoms with E-state index < -0.39 is 10.9 Å². The standard InChI is InChI=1S/C18H19BrN4O4/c1-2-27-18(24)15-11-14(4-5-16(15)23(25)26)21-7-9-22(10-8-21)17-6-3-13(19)12-20-17/h3-6,11-12H,2,7-10H2,1H3. The largest absolute Gasteiger partial charge is 0.462 e. The van der Waals surface area contributed by atoms with Crippen molar-refractivity contribution in [2.24, 2.45) is 0 Å². The van der Waals surface area contributed by atoms with Gasteiger partial charge in [-0.1, -0.05) is 0 Å². The zero-order chi connectivity index (χ0) is 19.4. The number of hydrogen-bond donors (Lipinski definition) is 0. The molecule has 27 heavy (non-hydrogen) atoms. The Bertz CT molecular complexity index is 836. The summed E-state index contributed by atoms with van der Waals surface area (Å²) in [4.78, 5) is 31.4. The molecule has 2 aromatic rings. The van der Waals surface area contributed by atoms with Gasteiger partial charge in [0.2, 0.25) is 0 Å². The third kappa shape index (κ3) is 4.36. The molecule has 0 N–H and O–H groups in total. The van der Waals surface area contributed by atoms with Crippen molar-refractivity contribution < 1.29 is 14.5 Å². The fourth-order valence-corrected chi connectivity index (χ4v) is 3.24. The molecule has 1 aliphatic rings. The second-order valence-corrected chi connectivity index (χ2v) is 6.90. The number of hydrogen-bond acceptors (Lipinski definition) is 7. The van der Waals surface area contributed by atoms with Gasteiger partial charge in [-0.25, -0.2) is 9.78 Å². The summed E-state index contributed by atoms with van der Waals surface area (Å²) < 4.78 is 5.90. The molecule has 142 valence electrons. The number of ether oxygens (including phenoxy) is 1. The van der Waals surface area contributed by atoms with Crippen LogP contribution < -0.4 is 9.80 Å². The number of carbonyl (C=O) groups excluding carboxylic acids is 1.